The third-order valence-electron chi connectivity index (χ3n) is 2.90. The fourth-order valence-corrected chi connectivity index (χ4v) is 2.25. The van der Waals surface area contributed by atoms with Gasteiger partial charge in [0, 0.05) is 5.69 Å². The Morgan fingerprint density at radius 3 is 2.55 bits per heavy atom. The van der Waals surface area contributed by atoms with Gasteiger partial charge in [-0.15, -0.1) is 0 Å². The van der Waals surface area contributed by atoms with Crippen molar-refractivity contribution in [3.63, 3.8) is 0 Å². The van der Waals surface area contributed by atoms with Crippen molar-refractivity contribution in [3.05, 3.63) is 46.4 Å². The van der Waals surface area contributed by atoms with E-state index in [1.54, 1.807) is 13.2 Å². The number of nitrogens with zero attached hydrogens (tertiary/aromatic N) is 1. The standard InChI is InChI=1S/C14H11Cl2N3O/c1-20-9-4-2-8(3-5-9)17-14-18-11-7-6-10(15)12(16)13(11)19-14/h2-7H,1H3,(H2,17,18,19). The van der Waals surface area contributed by atoms with Crippen molar-refractivity contribution < 1.29 is 4.74 Å². The zero-order chi connectivity index (χ0) is 14.1. The zero-order valence-corrected chi connectivity index (χ0v) is 12.1. The van der Waals surface area contributed by atoms with E-state index in [1.165, 1.54) is 0 Å². The van der Waals surface area contributed by atoms with Gasteiger partial charge in [0.15, 0.2) is 0 Å². The van der Waals surface area contributed by atoms with Crippen molar-refractivity contribution in [2.45, 2.75) is 0 Å². The van der Waals surface area contributed by atoms with Gasteiger partial charge in [-0.3, -0.25) is 0 Å². The summed E-state index contributed by atoms with van der Waals surface area (Å²) < 4.78 is 5.11. The smallest absolute Gasteiger partial charge is 0.205 e. The molecule has 1 heterocycles. The Hall–Kier alpha value is -1.91. The van der Waals surface area contributed by atoms with E-state index in [9.17, 15) is 0 Å². The van der Waals surface area contributed by atoms with Gasteiger partial charge in [0.1, 0.15) is 11.3 Å². The lowest BCUT2D eigenvalue weighted by molar-refractivity contribution is 0.415. The van der Waals surface area contributed by atoms with Crippen LogP contribution in [0.3, 0.4) is 0 Å². The van der Waals surface area contributed by atoms with Crippen LogP contribution in [0, 0.1) is 0 Å². The fourth-order valence-electron chi connectivity index (χ4n) is 1.89. The summed E-state index contributed by atoms with van der Waals surface area (Å²) >= 11 is 12.1. The first-order valence-corrected chi connectivity index (χ1v) is 6.68. The highest BCUT2D eigenvalue weighted by Crippen LogP contribution is 2.30. The molecule has 3 rings (SSSR count). The summed E-state index contributed by atoms with van der Waals surface area (Å²) in [6.07, 6.45) is 0. The summed E-state index contributed by atoms with van der Waals surface area (Å²) in [6.45, 7) is 0. The minimum absolute atomic E-state index is 0.447. The van der Waals surface area contributed by atoms with E-state index in [0.717, 1.165) is 17.0 Å². The van der Waals surface area contributed by atoms with Gasteiger partial charge in [0.25, 0.3) is 0 Å². The number of H-pyrrole nitrogens is 1. The SMILES string of the molecule is COc1ccc(Nc2nc3c(Cl)c(Cl)ccc3[nH]2)cc1. The minimum Gasteiger partial charge on any atom is -0.497 e. The predicted molar refractivity (Wildman–Crippen MR) is 82.4 cm³/mol. The van der Waals surface area contributed by atoms with Crippen LogP contribution in [0.5, 0.6) is 5.75 Å². The molecule has 2 N–H and O–H groups in total. The Labute approximate surface area is 125 Å². The van der Waals surface area contributed by atoms with E-state index < -0.39 is 0 Å². The number of halogens is 2. The molecule has 1 aromatic heterocycles. The van der Waals surface area contributed by atoms with Crippen molar-refractivity contribution >= 4 is 45.9 Å². The first-order chi connectivity index (χ1) is 9.67. The Morgan fingerprint density at radius 1 is 1.10 bits per heavy atom. The van der Waals surface area contributed by atoms with E-state index in [-0.39, 0.29) is 0 Å². The molecule has 6 heteroatoms. The minimum atomic E-state index is 0.447. The highest BCUT2D eigenvalue weighted by molar-refractivity contribution is 6.44. The van der Waals surface area contributed by atoms with Crippen LogP contribution in [0.1, 0.15) is 0 Å². The van der Waals surface area contributed by atoms with Gasteiger partial charge in [0.2, 0.25) is 5.95 Å². The topological polar surface area (TPSA) is 49.9 Å². The number of anilines is 2. The van der Waals surface area contributed by atoms with Crippen LogP contribution in [0.4, 0.5) is 11.6 Å². The summed E-state index contributed by atoms with van der Waals surface area (Å²) in [5.41, 5.74) is 2.37. The Kier molecular flexibility index (Phi) is 3.42. The lowest BCUT2D eigenvalue weighted by atomic mass is 10.3. The van der Waals surface area contributed by atoms with Gasteiger partial charge < -0.3 is 15.0 Å². The molecule has 0 unspecified atom stereocenters. The summed E-state index contributed by atoms with van der Waals surface area (Å²) in [5, 5.41) is 4.10. The molecule has 0 saturated heterocycles. The van der Waals surface area contributed by atoms with Crippen LogP contribution in [0.25, 0.3) is 11.0 Å². The normalized spacial score (nSPS) is 10.8. The average molecular weight is 308 g/mol. The summed E-state index contributed by atoms with van der Waals surface area (Å²) in [4.78, 5) is 7.54. The molecule has 4 nitrogen and oxygen atoms in total. The van der Waals surface area contributed by atoms with Crippen molar-refractivity contribution in [1.82, 2.24) is 9.97 Å². The summed E-state index contributed by atoms with van der Waals surface area (Å²) in [5.74, 6) is 1.41. The summed E-state index contributed by atoms with van der Waals surface area (Å²) in [7, 11) is 1.63. The molecule has 3 aromatic rings. The maximum atomic E-state index is 6.12. The molecule has 102 valence electrons. The van der Waals surface area contributed by atoms with E-state index in [0.29, 0.717) is 21.5 Å². The second-order valence-corrected chi connectivity index (χ2v) is 4.98. The van der Waals surface area contributed by atoms with E-state index >= 15 is 0 Å². The number of methoxy groups -OCH3 is 1. The number of aromatic amines is 1. The van der Waals surface area contributed by atoms with Crippen LogP contribution in [-0.2, 0) is 0 Å². The van der Waals surface area contributed by atoms with Gasteiger partial charge in [0.05, 0.1) is 22.7 Å². The van der Waals surface area contributed by atoms with Crippen LogP contribution < -0.4 is 10.1 Å². The van der Waals surface area contributed by atoms with Gasteiger partial charge >= 0.3 is 0 Å². The van der Waals surface area contributed by atoms with E-state index in [1.807, 2.05) is 30.3 Å². The number of hydrogen-bond donors (Lipinski definition) is 2. The van der Waals surface area contributed by atoms with Crippen LogP contribution >= 0.6 is 23.2 Å². The maximum Gasteiger partial charge on any atom is 0.205 e. The second kappa shape index (κ2) is 5.23. The molecule has 0 spiro atoms. The number of fused-ring (bicyclic) bond motifs is 1. The quantitative estimate of drug-likeness (QED) is 0.742. The van der Waals surface area contributed by atoms with E-state index in [4.69, 9.17) is 27.9 Å². The highest BCUT2D eigenvalue weighted by atomic mass is 35.5. The van der Waals surface area contributed by atoms with Gasteiger partial charge in [-0.25, -0.2) is 4.98 Å². The number of hydrogen-bond acceptors (Lipinski definition) is 3. The molecule has 0 amide bonds. The Bertz CT molecular complexity index is 753. The number of benzene rings is 2. The number of ether oxygens (including phenoxy) is 1. The first kappa shape index (κ1) is 13.1. The zero-order valence-electron chi connectivity index (χ0n) is 10.6. The van der Waals surface area contributed by atoms with E-state index in [2.05, 4.69) is 15.3 Å². The first-order valence-electron chi connectivity index (χ1n) is 5.92. The van der Waals surface area contributed by atoms with Crippen LogP contribution in [0.2, 0.25) is 10.0 Å². The molecule has 0 atom stereocenters. The molecular formula is C14H11Cl2N3O. The monoisotopic (exact) mass is 307 g/mol. The van der Waals surface area contributed by atoms with Crippen molar-refractivity contribution in [2.75, 3.05) is 12.4 Å². The fraction of sp³-hybridized carbons (Fsp3) is 0.0714. The molecule has 0 aliphatic carbocycles. The van der Waals surface area contributed by atoms with Crippen molar-refractivity contribution in [2.24, 2.45) is 0 Å². The molecular weight excluding hydrogens is 297 g/mol. The number of rotatable bonds is 3. The lowest BCUT2D eigenvalue weighted by Crippen LogP contribution is -1.92. The number of nitrogens with one attached hydrogen (secondary N) is 2. The molecule has 0 radical (unpaired) electrons. The largest absolute Gasteiger partial charge is 0.497 e. The summed E-state index contributed by atoms with van der Waals surface area (Å²) in [6, 6.07) is 11.1. The van der Waals surface area contributed by atoms with Gasteiger partial charge in [-0.05, 0) is 36.4 Å². The molecule has 0 saturated carbocycles. The Morgan fingerprint density at radius 2 is 1.85 bits per heavy atom. The maximum absolute atomic E-state index is 6.12. The predicted octanol–water partition coefficient (Wildman–Crippen LogP) is 4.62. The molecule has 0 aliphatic heterocycles. The van der Waals surface area contributed by atoms with Crippen LogP contribution in [0.15, 0.2) is 36.4 Å². The lowest BCUT2D eigenvalue weighted by Gasteiger charge is -2.03. The Balaban J connectivity index is 1.92. The van der Waals surface area contributed by atoms with Crippen molar-refractivity contribution in [1.29, 1.82) is 0 Å². The molecule has 0 fully saturated rings. The average Bonchev–Trinajstić information content (AvgIpc) is 2.87. The van der Waals surface area contributed by atoms with Gasteiger partial charge in [-0.1, -0.05) is 23.2 Å². The molecule has 2 aromatic carbocycles. The van der Waals surface area contributed by atoms with Gasteiger partial charge in [-0.2, -0.15) is 0 Å². The van der Waals surface area contributed by atoms with Crippen molar-refractivity contribution in [3.8, 4) is 5.75 Å². The molecule has 20 heavy (non-hydrogen) atoms. The van der Waals surface area contributed by atoms with Crippen LogP contribution in [-0.4, -0.2) is 17.1 Å². The number of imidazole rings is 1. The third-order valence-corrected chi connectivity index (χ3v) is 3.69. The molecule has 0 aliphatic rings. The highest BCUT2D eigenvalue weighted by Gasteiger charge is 2.09. The third kappa shape index (κ3) is 2.40. The second-order valence-electron chi connectivity index (χ2n) is 4.20. The number of aromatic nitrogens is 2. The molecule has 0 bridgehead atoms.